The lowest BCUT2D eigenvalue weighted by Crippen LogP contribution is -2.45. The zero-order chi connectivity index (χ0) is 13.9. The van der Waals surface area contributed by atoms with Crippen LogP contribution in [-0.4, -0.2) is 36.2 Å². The van der Waals surface area contributed by atoms with Crippen LogP contribution in [0.2, 0.25) is 0 Å². The molecule has 0 bridgehead atoms. The number of carboxylic acid groups (broad SMARTS) is 1. The van der Waals surface area contributed by atoms with E-state index >= 15 is 0 Å². The molecular formula is C15H21NO3. The molecule has 0 aliphatic carbocycles. The molecule has 0 saturated carbocycles. The van der Waals surface area contributed by atoms with Crippen molar-refractivity contribution in [2.24, 2.45) is 5.41 Å². The Balaban J connectivity index is 2.04. The number of aliphatic carboxylic acids is 1. The Bertz CT molecular complexity index is 460. The number of likely N-dealkylation sites (tertiary alicyclic amines) is 1. The Morgan fingerprint density at radius 3 is 3.00 bits per heavy atom. The van der Waals surface area contributed by atoms with Gasteiger partial charge < -0.3 is 9.84 Å². The molecule has 0 spiro atoms. The fourth-order valence-corrected chi connectivity index (χ4v) is 2.68. The van der Waals surface area contributed by atoms with Gasteiger partial charge in [-0.05, 0) is 44.0 Å². The average Bonchev–Trinajstić information content (AvgIpc) is 2.39. The van der Waals surface area contributed by atoms with E-state index in [4.69, 9.17) is 4.74 Å². The van der Waals surface area contributed by atoms with E-state index in [1.54, 1.807) is 7.11 Å². The number of rotatable bonds is 4. The second-order valence-corrected chi connectivity index (χ2v) is 5.53. The first-order chi connectivity index (χ1) is 9.03. The SMILES string of the molecule is COc1cccc(CN2CCCC(C)(C(=O)O)C2)c1. The van der Waals surface area contributed by atoms with Crippen molar-refractivity contribution < 1.29 is 14.6 Å². The molecule has 0 radical (unpaired) electrons. The molecule has 4 nitrogen and oxygen atoms in total. The van der Waals surface area contributed by atoms with Crippen molar-refractivity contribution in [1.29, 1.82) is 0 Å². The smallest absolute Gasteiger partial charge is 0.310 e. The quantitative estimate of drug-likeness (QED) is 0.906. The Morgan fingerprint density at radius 2 is 2.32 bits per heavy atom. The van der Waals surface area contributed by atoms with E-state index in [-0.39, 0.29) is 0 Å². The molecule has 1 aromatic carbocycles. The molecule has 1 aromatic rings. The molecule has 1 aliphatic heterocycles. The number of hydrogen-bond acceptors (Lipinski definition) is 3. The van der Waals surface area contributed by atoms with Gasteiger partial charge in [0.15, 0.2) is 0 Å². The highest BCUT2D eigenvalue weighted by molar-refractivity contribution is 5.74. The Labute approximate surface area is 114 Å². The van der Waals surface area contributed by atoms with Gasteiger partial charge in [0.1, 0.15) is 5.75 Å². The van der Waals surface area contributed by atoms with Gasteiger partial charge in [-0.25, -0.2) is 0 Å². The number of ether oxygens (including phenoxy) is 1. The summed E-state index contributed by atoms with van der Waals surface area (Å²) in [5.41, 5.74) is 0.547. The maximum atomic E-state index is 11.3. The van der Waals surface area contributed by atoms with E-state index in [2.05, 4.69) is 11.0 Å². The van der Waals surface area contributed by atoms with Crippen LogP contribution in [0.3, 0.4) is 0 Å². The summed E-state index contributed by atoms with van der Waals surface area (Å²) in [5.74, 6) is 0.151. The lowest BCUT2D eigenvalue weighted by molar-refractivity contribution is -0.151. The molecule has 19 heavy (non-hydrogen) atoms. The van der Waals surface area contributed by atoms with Crippen LogP contribution >= 0.6 is 0 Å². The third-order valence-electron chi connectivity index (χ3n) is 3.83. The predicted octanol–water partition coefficient (Wildman–Crippen LogP) is 2.38. The minimum absolute atomic E-state index is 0.611. The van der Waals surface area contributed by atoms with E-state index in [0.29, 0.717) is 6.54 Å². The van der Waals surface area contributed by atoms with Crippen LogP contribution in [-0.2, 0) is 11.3 Å². The van der Waals surface area contributed by atoms with Crippen molar-refractivity contribution in [2.45, 2.75) is 26.3 Å². The molecule has 1 saturated heterocycles. The largest absolute Gasteiger partial charge is 0.497 e. The molecule has 104 valence electrons. The lowest BCUT2D eigenvalue weighted by Gasteiger charge is -2.37. The van der Waals surface area contributed by atoms with E-state index < -0.39 is 11.4 Å². The first-order valence-corrected chi connectivity index (χ1v) is 6.62. The van der Waals surface area contributed by atoms with E-state index in [1.165, 1.54) is 0 Å². The van der Waals surface area contributed by atoms with Crippen LogP contribution in [0.25, 0.3) is 0 Å². The maximum absolute atomic E-state index is 11.3. The Kier molecular flexibility index (Phi) is 4.10. The van der Waals surface area contributed by atoms with E-state index in [0.717, 1.165) is 37.2 Å². The van der Waals surface area contributed by atoms with Crippen LogP contribution in [0.15, 0.2) is 24.3 Å². The van der Waals surface area contributed by atoms with Crippen molar-refractivity contribution in [3.8, 4) is 5.75 Å². The number of nitrogens with zero attached hydrogens (tertiary/aromatic N) is 1. The van der Waals surface area contributed by atoms with E-state index in [1.807, 2.05) is 25.1 Å². The summed E-state index contributed by atoms with van der Waals surface area (Å²) in [4.78, 5) is 13.5. The van der Waals surface area contributed by atoms with Gasteiger partial charge in [-0.2, -0.15) is 0 Å². The third-order valence-corrected chi connectivity index (χ3v) is 3.83. The molecule has 1 fully saturated rings. The number of piperidine rings is 1. The van der Waals surface area contributed by atoms with Crippen LogP contribution in [0.5, 0.6) is 5.75 Å². The summed E-state index contributed by atoms with van der Waals surface area (Å²) < 4.78 is 5.21. The van der Waals surface area contributed by atoms with Crippen LogP contribution in [0, 0.1) is 5.41 Å². The standard InChI is InChI=1S/C15H21NO3/c1-15(14(17)18)7-4-8-16(11-15)10-12-5-3-6-13(9-12)19-2/h3,5-6,9H,4,7-8,10-11H2,1-2H3,(H,17,18). The monoisotopic (exact) mass is 263 g/mol. The highest BCUT2D eigenvalue weighted by Gasteiger charge is 2.37. The molecule has 1 atom stereocenters. The fraction of sp³-hybridized carbons (Fsp3) is 0.533. The fourth-order valence-electron chi connectivity index (χ4n) is 2.68. The normalized spacial score (nSPS) is 24.1. The molecule has 1 N–H and O–H groups in total. The molecule has 2 rings (SSSR count). The zero-order valence-corrected chi connectivity index (χ0v) is 11.6. The van der Waals surface area contributed by atoms with Gasteiger partial charge >= 0.3 is 5.97 Å². The highest BCUT2D eigenvalue weighted by atomic mass is 16.5. The minimum Gasteiger partial charge on any atom is -0.497 e. The Morgan fingerprint density at radius 1 is 1.53 bits per heavy atom. The van der Waals surface area contributed by atoms with Gasteiger partial charge in [0.2, 0.25) is 0 Å². The molecule has 1 unspecified atom stereocenters. The van der Waals surface area contributed by atoms with Crippen LogP contribution in [0.1, 0.15) is 25.3 Å². The van der Waals surface area contributed by atoms with Gasteiger partial charge in [0.05, 0.1) is 12.5 Å². The predicted molar refractivity (Wildman–Crippen MR) is 73.2 cm³/mol. The summed E-state index contributed by atoms with van der Waals surface area (Å²) in [6, 6.07) is 7.94. The lowest BCUT2D eigenvalue weighted by atomic mass is 9.82. The van der Waals surface area contributed by atoms with Crippen molar-refractivity contribution in [2.75, 3.05) is 20.2 Å². The van der Waals surface area contributed by atoms with Crippen molar-refractivity contribution >= 4 is 5.97 Å². The number of benzene rings is 1. The Hall–Kier alpha value is -1.55. The summed E-state index contributed by atoms with van der Waals surface area (Å²) in [6.45, 7) is 4.19. The van der Waals surface area contributed by atoms with Gasteiger partial charge in [-0.3, -0.25) is 9.69 Å². The van der Waals surface area contributed by atoms with Gasteiger partial charge in [0.25, 0.3) is 0 Å². The van der Waals surface area contributed by atoms with Crippen molar-refractivity contribution in [3.63, 3.8) is 0 Å². The van der Waals surface area contributed by atoms with Gasteiger partial charge in [-0.1, -0.05) is 12.1 Å². The molecule has 4 heteroatoms. The zero-order valence-electron chi connectivity index (χ0n) is 11.6. The minimum atomic E-state index is -0.692. The third kappa shape index (κ3) is 3.26. The van der Waals surface area contributed by atoms with Gasteiger partial charge in [0, 0.05) is 13.1 Å². The topological polar surface area (TPSA) is 49.8 Å². The van der Waals surface area contributed by atoms with Crippen molar-refractivity contribution in [3.05, 3.63) is 29.8 Å². The average molecular weight is 263 g/mol. The number of carboxylic acids is 1. The molecular weight excluding hydrogens is 242 g/mol. The second-order valence-electron chi connectivity index (χ2n) is 5.53. The number of hydrogen-bond donors (Lipinski definition) is 1. The summed E-state index contributed by atoms with van der Waals surface area (Å²) in [6.07, 6.45) is 1.70. The van der Waals surface area contributed by atoms with E-state index in [9.17, 15) is 9.90 Å². The first kappa shape index (κ1) is 13.9. The summed E-state index contributed by atoms with van der Waals surface area (Å²) >= 11 is 0. The summed E-state index contributed by atoms with van der Waals surface area (Å²) in [7, 11) is 1.65. The molecule has 1 heterocycles. The van der Waals surface area contributed by atoms with Crippen LogP contribution < -0.4 is 4.74 Å². The molecule has 1 aliphatic rings. The molecule has 0 amide bonds. The number of methoxy groups -OCH3 is 1. The number of carbonyl (C=O) groups is 1. The first-order valence-electron chi connectivity index (χ1n) is 6.62. The highest BCUT2D eigenvalue weighted by Crippen LogP contribution is 2.30. The summed E-state index contributed by atoms with van der Waals surface area (Å²) in [5, 5.41) is 9.32. The van der Waals surface area contributed by atoms with Crippen LogP contribution in [0.4, 0.5) is 0 Å². The maximum Gasteiger partial charge on any atom is 0.310 e. The van der Waals surface area contributed by atoms with Gasteiger partial charge in [-0.15, -0.1) is 0 Å². The van der Waals surface area contributed by atoms with Crippen molar-refractivity contribution in [1.82, 2.24) is 4.90 Å². The molecule has 0 aromatic heterocycles. The second kappa shape index (κ2) is 5.61.